The van der Waals surface area contributed by atoms with Crippen LogP contribution in [0.25, 0.3) is 0 Å². The number of carbonyl (C=O) groups is 2. The molecule has 182 valence electrons. The highest BCUT2D eigenvalue weighted by Crippen LogP contribution is 2.28. The maximum atomic E-state index is 12.8. The molecule has 1 saturated carbocycles. The molecule has 0 spiro atoms. The number of rotatable bonds is 8. The molecule has 34 heavy (non-hydrogen) atoms. The van der Waals surface area contributed by atoms with Gasteiger partial charge in [0.05, 0.1) is 17.4 Å². The third kappa shape index (κ3) is 5.77. The Kier molecular flexibility index (Phi) is 7.53. The molecule has 2 aromatic carbocycles. The molecule has 1 saturated heterocycles. The zero-order valence-electron chi connectivity index (χ0n) is 19.3. The van der Waals surface area contributed by atoms with Crippen LogP contribution in [0.1, 0.15) is 45.4 Å². The summed E-state index contributed by atoms with van der Waals surface area (Å²) in [6, 6.07) is 13.3. The van der Waals surface area contributed by atoms with Crippen molar-refractivity contribution < 1.29 is 22.7 Å². The lowest BCUT2D eigenvalue weighted by Crippen LogP contribution is -2.36. The first kappa shape index (κ1) is 24.2. The highest BCUT2D eigenvalue weighted by atomic mass is 32.2. The Morgan fingerprint density at radius 3 is 2.35 bits per heavy atom. The van der Waals surface area contributed by atoms with E-state index in [0.717, 1.165) is 43.5 Å². The molecule has 1 atom stereocenters. The van der Waals surface area contributed by atoms with Crippen LogP contribution in [0, 0.1) is 5.92 Å². The van der Waals surface area contributed by atoms with Gasteiger partial charge in [0.2, 0.25) is 21.8 Å². The molecule has 1 aliphatic carbocycles. The second kappa shape index (κ2) is 10.6. The van der Waals surface area contributed by atoms with Crippen molar-refractivity contribution in [2.75, 3.05) is 23.4 Å². The van der Waals surface area contributed by atoms with Crippen molar-refractivity contribution >= 4 is 33.2 Å². The summed E-state index contributed by atoms with van der Waals surface area (Å²) in [5, 5.41) is 2.81. The predicted octanol–water partition coefficient (Wildman–Crippen LogP) is 3.69. The van der Waals surface area contributed by atoms with Crippen LogP contribution in [0.5, 0.6) is 5.75 Å². The van der Waals surface area contributed by atoms with Gasteiger partial charge in [-0.3, -0.25) is 9.59 Å². The second-order valence-corrected chi connectivity index (χ2v) is 10.5. The summed E-state index contributed by atoms with van der Waals surface area (Å²) in [5.74, 6) is -0.140. The van der Waals surface area contributed by atoms with Gasteiger partial charge in [0, 0.05) is 30.4 Å². The first-order valence-electron chi connectivity index (χ1n) is 11.8. The van der Waals surface area contributed by atoms with E-state index in [0.29, 0.717) is 12.3 Å². The fourth-order valence-corrected chi connectivity index (χ4v) is 5.80. The Hall–Kier alpha value is -2.91. The van der Waals surface area contributed by atoms with E-state index in [1.165, 1.54) is 12.1 Å². The lowest BCUT2D eigenvalue weighted by atomic mass is 9.96. The number of ether oxygens (including phenoxy) is 1. The van der Waals surface area contributed by atoms with Gasteiger partial charge >= 0.3 is 0 Å². The lowest BCUT2D eigenvalue weighted by Gasteiger charge is -2.22. The van der Waals surface area contributed by atoms with Crippen molar-refractivity contribution in [3.05, 3.63) is 48.5 Å². The topological polar surface area (TPSA) is 105 Å². The summed E-state index contributed by atoms with van der Waals surface area (Å²) in [6.45, 7) is 2.76. The Labute approximate surface area is 200 Å². The van der Waals surface area contributed by atoms with E-state index in [2.05, 4.69) is 10.0 Å². The van der Waals surface area contributed by atoms with Gasteiger partial charge < -0.3 is 15.0 Å². The lowest BCUT2D eigenvalue weighted by molar-refractivity contribution is -0.122. The van der Waals surface area contributed by atoms with Crippen molar-refractivity contribution in [3.63, 3.8) is 0 Å². The minimum atomic E-state index is -3.60. The van der Waals surface area contributed by atoms with Gasteiger partial charge in [-0.2, -0.15) is 0 Å². The Bertz CT molecular complexity index is 1110. The smallest absolute Gasteiger partial charge is 0.240 e. The number of anilines is 2. The Balaban J connectivity index is 1.35. The van der Waals surface area contributed by atoms with Crippen LogP contribution in [0.2, 0.25) is 0 Å². The minimum absolute atomic E-state index is 0.0173. The Morgan fingerprint density at radius 1 is 1.03 bits per heavy atom. The number of hydrogen-bond donors (Lipinski definition) is 2. The van der Waals surface area contributed by atoms with E-state index < -0.39 is 15.9 Å². The van der Waals surface area contributed by atoms with Crippen LogP contribution >= 0.6 is 0 Å². The average Bonchev–Trinajstić information content (AvgIpc) is 3.22. The summed E-state index contributed by atoms with van der Waals surface area (Å²) in [6.07, 6.45) is 5.08. The predicted molar refractivity (Wildman–Crippen MR) is 130 cm³/mol. The van der Waals surface area contributed by atoms with Crippen LogP contribution in [-0.4, -0.2) is 39.4 Å². The number of benzene rings is 2. The molecule has 1 aliphatic heterocycles. The highest BCUT2D eigenvalue weighted by Gasteiger charge is 2.35. The fraction of sp³-hybridized carbons (Fsp3) is 0.440. The van der Waals surface area contributed by atoms with Crippen LogP contribution in [-0.2, 0) is 19.6 Å². The Morgan fingerprint density at radius 2 is 1.71 bits per heavy atom. The molecule has 0 bridgehead atoms. The van der Waals surface area contributed by atoms with Gasteiger partial charge in [-0.1, -0.05) is 19.3 Å². The van der Waals surface area contributed by atoms with Crippen molar-refractivity contribution in [3.8, 4) is 5.75 Å². The molecule has 0 radical (unpaired) electrons. The molecular weight excluding hydrogens is 454 g/mol. The fourth-order valence-electron chi connectivity index (χ4n) is 4.49. The van der Waals surface area contributed by atoms with Gasteiger partial charge in [0.15, 0.2) is 0 Å². The zero-order valence-corrected chi connectivity index (χ0v) is 20.1. The molecule has 1 heterocycles. The molecule has 0 aromatic heterocycles. The van der Waals surface area contributed by atoms with Gasteiger partial charge in [-0.25, -0.2) is 13.1 Å². The number of nitrogens with zero attached hydrogens (tertiary/aromatic N) is 1. The first-order valence-corrected chi connectivity index (χ1v) is 13.3. The van der Waals surface area contributed by atoms with E-state index in [4.69, 9.17) is 4.74 Å². The molecule has 0 unspecified atom stereocenters. The zero-order chi connectivity index (χ0) is 24.1. The molecular formula is C25H31N3O5S. The molecule has 8 nitrogen and oxygen atoms in total. The molecule has 2 aromatic rings. The van der Waals surface area contributed by atoms with Crippen molar-refractivity contribution in [2.45, 2.75) is 56.4 Å². The largest absolute Gasteiger partial charge is 0.494 e. The van der Waals surface area contributed by atoms with Gasteiger partial charge in [0.1, 0.15) is 5.75 Å². The van der Waals surface area contributed by atoms with E-state index in [1.54, 1.807) is 29.2 Å². The molecule has 4 rings (SSSR count). The summed E-state index contributed by atoms with van der Waals surface area (Å²) in [5.41, 5.74) is 1.22. The minimum Gasteiger partial charge on any atom is -0.494 e. The van der Waals surface area contributed by atoms with Crippen LogP contribution < -0.4 is 19.7 Å². The summed E-state index contributed by atoms with van der Waals surface area (Å²) in [4.78, 5) is 27.1. The van der Waals surface area contributed by atoms with E-state index in [-0.39, 0.29) is 35.7 Å². The highest BCUT2D eigenvalue weighted by molar-refractivity contribution is 7.89. The standard InChI is InChI=1S/C25H31N3O5S/c1-2-33-22-12-10-21(11-13-22)28-17-18(16-24(28)29)25(30)26-19-8-14-23(15-9-19)34(31,32)27-20-6-4-3-5-7-20/h8-15,18,20,27H,2-7,16-17H2,1H3,(H,26,30)/t18-/m1/s1. The van der Waals surface area contributed by atoms with Crippen molar-refractivity contribution in [2.24, 2.45) is 5.92 Å². The molecule has 2 amide bonds. The van der Waals surface area contributed by atoms with E-state index >= 15 is 0 Å². The number of carbonyl (C=O) groups excluding carboxylic acids is 2. The summed E-state index contributed by atoms with van der Waals surface area (Å²) in [7, 11) is -3.60. The van der Waals surface area contributed by atoms with E-state index in [1.807, 2.05) is 19.1 Å². The summed E-state index contributed by atoms with van der Waals surface area (Å²) < 4.78 is 33.5. The molecule has 2 fully saturated rings. The number of amides is 2. The SMILES string of the molecule is CCOc1ccc(N2C[C@H](C(=O)Nc3ccc(S(=O)(=O)NC4CCCCC4)cc3)CC2=O)cc1. The van der Waals surface area contributed by atoms with E-state index in [9.17, 15) is 18.0 Å². The van der Waals surface area contributed by atoms with Gasteiger partial charge in [-0.05, 0) is 68.3 Å². The third-order valence-electron chi connectivity index (χ3n) is 6.31. The summed E-state index contributed by atoms with van der Waals surface area (Å²) >= 11 is 0. The molecule has 2 N–H and O–H groups in total. The molecule has 9 heteroatoms. The number of sulfonamides is 1. The second-order valence-electron chi connectivity index (χ2n) is 8.80. The van der Waals surface area contributed by atoms with Crippen LogP contribution in [0.15, 0.2) is 53.4 Å². The maximum Gasteiger partial charge on any atom is 0.240 e. The average molecular weight is 486 g/mol. The third-order valence-corrected chi connectivity index (χ3v) is 7.85. The molecule has 2 aliphatic rings. The number of hydrogen-bond acceptors (Lipinski definition) is 5. The quantitative estimate of drug-likeness (QED) is 0.593. The van der Waals surface area contributed by atoms with Crippen LogP contribution in [0.4, 0.5) is 11.4 Å². The van der Waals surface area contributed by atoms with Crippen LogP contribution in [0.3, 0.4) is 0 Å². The number of nitrogens with one attached hydrogen (secondary N) is 2. The van der Waals surface area contributed by atoms with Crippen molar-refractivity contribution in [1.29, 1.82) is 0 Å². The monoisotopic (exact) mass is 485 g/mol. The normalized spacial score (nSPS) is 19.3. The maximum absolute atomic E-state index is 12.8. The van der Waals surface area contributed by atoms with Gasteiger partial charge in [-0.15, -0.1) is 0 Å². The van der Waals surface area contributed by atoms with Gasteiger partial charge in [0.25, 0.3) is 0 Å². The van der Waals surface area contributed by atoms with Crippen molar-refractivity contribution in [1.82, 2.24) is 4.72 Å². The first-order chi connectivity index (χ1) is 16.4.